The van der Waals surface area contributed by atoms with Crippen LogP contribution in [0.25, 0.3) is 0 Å². The van der Waals surface area contributed by atoms with Crippen molar-refractivity contribution in [1.82, 2.24) is 15.2 Å². The molecule has 0 saturated heterocycles. The maximum Gasteiger partial charge on any atom is 0.341 e. The van der Waals surface area contributed by atoms with Gasteiger partial charge < -0.3 is 4.74 Å². The van der Waals surface area contributed by atoms with E-state index in [1.54, 1.807) is 6.07 Å². The Morgan fingerprint density at radius 3 is 2.57 bits per heavy atom. The highest BCUT2D eigenvalue weighted by Crippen LogP contribution is 2.32. The number of nitrogens with zero attached hydrogens (tertiary/aromatic N) is 4. The molecule has 0 saturated carbocycles. The number of hydrogen-bond donors (Lipinski definition) is 0. The summed E-state index contributed by atoms with van der Waals surface area (Å²) in [5, 5.41) is 18.9. The molecule has 0 bridgehead atoms. The number of benzene rings is 1. The van der Waals surface area contributed by atoms with Crippen molar-refractivity contribution in [3.8, 4) is 11.8 Å². The van der Waals surface area contributed by atoms with Crippen LogP contribution in [0.15, 0.2) is 22.7 Å². The molecule has 0 unspecified atom stereocenters. The maximum atomic E-state index is 11.0. The average Bonchev–Trinajstić information content (AvgIpc) is 2.48. The molecule has 1 aromatic heterocycles. The first-order valence-corrected chi connectivity index (χ1v) is 7.18. The zero-order valence-corrected chi connectivity index (χ0v) is 13.1. The quantitative estimate of drug-likeness (QED) is 0.604. The van der Waals surface area contributed by atoms with Crippen LogP contribution in [0.1, 0.15) is 25.2 Å². The van der Waals surface area contributed by atoms with E-state index in [0.29, 0.717) is 10.9 Å². The molecule has 0 fully saturated rings. The number of hydrogen-bond acceptors (Lipinski definition) is 6. The summed E-state index contributed by atoms with van der Waals surface area (Å²) in [6, 6.07) is 4.51. The Bertz CT molecular complexity index is 678. The summed E-state index contributed by atoms with van der Waals surface area (Å²) in [4.78, 5) is 14.8. The van der Waals surface area contributed by atoms with Gasteiger partial charge in [-0.1, -0.05) is 34.9 Å². The fourth-order valence-corrected chi connectivity index (χ4v) is 2.13. The van der Waals surface area contributed by atoms with Gasteiger partial charge in [0, 0.05) is 10.5 Å². The molecule has 1 aromatic carbocycles. The SMILES string of the molecule is CCc1nnc(Oc2ccc(Br)cc2[N+](=O)[O-])nc1CC. The lowest BCUT2D eigenvalue weighted by molar-refractivity contribution is -0.385. The predicted octanol–water partition coefficient (Wildman–Crippen LogP) is 3.46. The van der Waals surface area contributed by atoms with E-state index in [2.05, 4.69) is 31.1 Å². The lowest BCUT2D eigenvalue weighted by atomic mass is 10.2. The summed E-state index contributed by atoms with van der Waals surface area (Å²) in [5.74, 6) is 0.0799. The van der Waals surface area contributed by atoms with Gasteiger partial charge in [-0.15, -0.1) is 5.10 Å². The second-order valence-electron chi connectivity index (χ2n) is 4.17. The van der Waals surface area contributed by atoms with Gasteiger partial charge in [-0.3, -0.25) is 10.1 Å². The van der Waals surface area contributed by atoms with Crippen molar-refractivity contribution in [3.63, 3.8) is 0 Å². The zero-order valence-electron chi connectivity index (χ0n) is 11.5. The maximum absolute atomic E-state index is 11.0. The second kappa shape index (κ2) is 6.57. The van der Waals surface area contributed by atoms with E-state index in [4.69, 9.17) is 4.74 Å². The van der Waals surface area contributed by atoms with Crippen LogP contribution in [0.3, 0.4) is 0 Å². The van der Waals surface area contributed by atoms with E-state index in [9.17, 15) is 10.1 Å². The highest BCUT2D eigenvalue weighted by molar-refractivity contribution is 9.10. The molecule has 0 aliphatic heterocycles. The number of nitro groups is 1. The molecule has 8 heteroatoms. The molecular formula is C13H13BrN4O3. The summed E-state index contributed by atoms with van der Waals surface area (Å²) in [5.41, 5.74) is 1.42. The molecule has 0 atom stereocenters. The Morgan fingerprint density at radius 1 is 1.24 bits per heavy atom. The fraction of sp³-hybridized carbons (Fsp3) is 0.308. The fourth-order valence-electron chi connectivity index (χ4n) is 1.78. The molecule has 0 amide bonds. The van der Waals surface area contributed by atoms with Gasteiger partial charge in [0.2, 0.25) is 5.75 Å². The first kappa shape index (κ1) is 15.3. The minimum absolute atomic E-state index is 0.00877. The third-order valence-corrected chi connectivity index (χ3v) is 3.30. The third-order valence-electron chi connectivity index (χ3n) is 2.81. The van der Waals surface area contributed by atoms with E-state index < -0.39 is 4.92 Å². The molecule has 0 spiro atoms. The van der Waals surface area contributed by atoms with Crippen LogP contribution in [-0.2, 0) is 12.8 Å². The lowest BCUT2D eigenvalue weighted by Crippen LogP contribution is -2.05. The molecule has 21 heavy (non-hydrogen) atoms. The Balaban J connectivity index is 2.36. The van der Waals surface area contributed by atoms with Crippen LogP contribution in [0.5, 0.6) is 11.8 Å². The van der Waals surface area contributed by atoms with E-state index in [1.807, 2.05) is 13.8 Å². The number of ether oxygens (including phenoxy) is 1. The highest BCUT2D eigenvalue weighted by atomic mass is 79.9. The van der Waals surface area contributed by atoms with Gasteiger partial charge in [0.1, 0.15) is 0 Å². The minimum Gasteiger partial charge on any atom is -0.416 e. The van der Waals surface area contributed by atoms with Gasteiger partial charge in [0.05, 0.1) is 16.3 Å². The van der Waals surface area contributed by atoms with Gasteiger partial charge in [0.15, 0.2) is 0 Å². The average molecular weight is 353 g/mol. The molecule has 2 rings (SSSR count). The van der Waals surface area contributed by atoms with Crippen molar-refractivity contribution in [3.05, 3.63) is 44.2 Å². The first-order chi connectivity index (χ1) is 10.0. The molecule has 0 aliphatic carbocycles. The van der Waals surface area contributed by atoms with Crippen molar-refractivity contribution < 1.29 is 9.66 Å². The number of aryl methyl sites for hydroxylation is 2. The van der Waals surface area contributed by atoms with E-state index in [-0.39, 0.29) is 17.4 Å². The number of rotatable bonds is 5. The van der Waals surface area contributed by atoms with Gasteiger partial charge in [0.25, 0.3) is 0 Å². The normalized spacial score (nSPS) is 10.4. The van der Waals surface area contributed by atoms with Crippen LogP contribution in [0, 0.1) is 10.1 Å². The Kier molecular flexibility index (Phi) is 4.79. The first-order valence-electron chi connectivity index (χ1n) is 6.39. The van der Waals surface area contributed by atoms with Crippen LogP contribution in [0.4, 0.5) is 5.69 Å². The smallest absolute Gasteiger partial charge is 0.341 e. The molecule has 7 nitrogen and oxygen atoms in total. The van der Waals surface area contributed by atoms with Crippen molar-refractivity contribution in [2.75, 3.05) is 0 Å². The van der Waals surface area contributed by atoms with Crippen LogP contribution >= 0.6 is 15.9 Å². The van der Waals surface area contributed by atoms with E-state index in [0.717, 1.165) is 17.8 Å². The van der Waals surface area contributed by atoms with Crippen molar-refractivity contribution >= 4 is 21.6 Å². The van der Waals surface area contributed by atoms with E-state index >= 15 is 0 Å². The summed E-state index contributed by atoms with van der Waals surface area (Å²) < 4.78 is 6.01. The van der Waals surface area contributed by atoms with Gasteiger partial charge in [-0.05, 0) is 25.0 Å². The molecule has 2 aromatic rings. The van der Waals surface area contributed by atoms with Gasteiger partial charge in [-0.2, -0.15) is 4.98 Å². The zero-order chi connectivity index (χ0) is 15.4. The highest BCUT2D eigenvalue weighted by Gasteiger charge is 2.18. The lowest BCUT2D eigenvalue weighted by Gasteiger charge is -2.07. The molecule has 0 aliphatic rings. The Labute approximate surface area is 129 Å². The largest absolute Gasteiger partial charge is 0.416 e. The van der Waals surface area contributed by atoms with Crippen LogP contribution in [-0.4, -0.2) is 20.1 Å². The topological polar surface area (TPSA) is 91.0 Å². The summed E-state index contributed by atoms with van der Waals surface area (Å²) in [6.07, 6.45) is 1.42. The minimum atomic E-state index is -0.519. The monoisotopic (exact) mass is 352 g/mol. The molecule has 1 heterocycles. The Morgan fingerprint density at radius 2 is 1.95 bits per heavy atom. The standard InChI is InChI=1S/C13H13BrN4O3/c1-3-9-10(4-2)16-17-13(15-9)21-12-6-5-8(14)7-11(12)18(19)20/h5-7H,3-4H2,1-2H3. The molecular weight excluding hydrogens is 340 g/mol. The van der Waals surface area contributed by atoms with Crippen LogP contribution < -0.4 is 4.74 Å². The molecule has 110 valence electrons. The third kappa shape index (κ3) is 3.52. The van der Waals surface area contributed by atoms with Crippen molar-refractivity contribution in [2.45, 2.75) is 26.7 Å². The molecule has 0 radical (unpaired) electrons. The number of aromatic nitrogens is 3. The summed E-state index contributed by atoms with van der Waals surface area (Å²) >= 11 is 3.19. The second-order valence-corrected chi connectivity index (χ2v) is 5.08. The van der Waals surface area contributed by atoms with Crippen molar-refractivity contribution in [2.24, 2.45) is 0 Å². The van der Waals surface area contributed by atoms with Crippen molar-refractivity contribution in [1.29, 1.82) is 0 Å². The van der Waals surface area contributed by atoms with Gasteiger partial charge >= 0.3 is 11.7 Å². The number of nitro benzene ring substituents is 1. The van der Waals surface area contributed by atoms with Crippen LogP contribution in [0.2, 0.25) is 0 Å². The molecule has 0 N–H and O–H groups in total. The summed E-state index contributed by atoms with van der Waals surface area (Å²) in [7, 11) is 0. The number of halogens is 1. The van der Waals surface area contributed by atoms with E-state index in [1.165, 1.54) is 12.1 Å². The predicted molar refractivity (Wildman–Crippen MR) is 79.5 cm³/mol. The Hall–Kier alpha value is -2.09. The van der Waals surface area contributed by atoms with Gasteiger partial charge in [-0.25, -0.2) is 0 Å². The summed E-state index contributed by atoms with van der Waals surface area (Å²) in [6.45, 7) is 3.92.